The van der Waals surface area contributed by atoms with E-state index >= 15 is 0 Å². The highest BCUT2D eigenvalue weighted by Crippen LogP contribution is 2.19. The first kappa shape index (κ1) is 13.8. The Morgan fingerprint density at radius 2 is 2.10 bits per heavy atom. The Bertz CT molecular complexity index is 712. The lowest BCUT2D eigenvalue weighted by Crippen LogP contribution is -2.24. The lowest BCUT2D eigenvalue weighted by atomic mass is 10.2. The summed E-state index contributed by atoms with van der Waals surface area (Å²) in [6, 6.07) is 10.5. The molecule has 3 rings (SSSR count). The Labute approximate surface area is 124 Å². The number of aryl methyl sites for hydroxylation is 1. The van der Waals surface area contributed by atoms with E-state index in [0.29, 0.717) is 0 Å². The molecule has 2 heterocycles. The fourth-order valence-electron chi connectivity index (χ4n) is 2.72. The quantitative estimate of drug-likeness (QED) is 0.756. The summed E-state index contributed by atoms with van der Waals surface area (Å²) < 4.78 is 4.28. The Kier molecular flexibility index (Phi) is 4.01. The number of aromatic nitrogens is 4. The summed E-state index contributed by atoms with van der Waals surface area (Å²) in [4.78, 5) is 4.46. The van der Waals surface area contributed by atoms with E-state index in [2.05, 4.69) is 49.8 Å². The molecule has 0 amide bonds. The van der Waals surface area contributed by atoms with Gasteiger partial charge in [-0.05, 0) is 31.7 Å². The smallest absolute Gasteiger partial charge is 0.0958 e. The van der Waals surface area contributed by atoms with E-state index in [1.54, 1.807) is 0 Å². The van der Waals surface area contributed by atoms with Crippen LogP contribution in [-0.4, -0.2) is 26.4 Å². The molecule has 0 aliphatic rings. The van der Waals surface area contributed by atoms with Crippen LogP contribution in [0.4, 0.5) is 0 Å². The molecular weight excluding hydrogens is 262 g/mol. The van der Waals surface area contributed by atoms with Gasteiger partial charge in [-0.3, -0.25) is 4.68 Å². The first-order valence-electron chi connectivity index (χ1n) is 7.42. The van der Waals surface area contributed by atoms with Crippen molar-refractivity contribution in [2.75, 3.05) is 7.05 Å². The first-order valence-corrected chi connectivity index (χ1v) is 7.42. The zero-order chi connectivity index (χ0) is 14.7. The topological polar surface area (TPSA) is 47.7 Å². The fourth-order valence-corrected chi connectivity index (χ4v) is 2.72. The maximum atomic E-state index is 4.46. The van der Waals surface area contributed by atoms with E-state index in [-0.39, 0.29) is 6.04 Å². The van der Waals surface area contributed by atoms with Crippen molar-refractivity contribution in [3.05, 3.63) is 48.5 Å². The molecule has 0 spiro atoms. The van der Waals surface area contributed by atoms with Crippen LogP contribution < -0.4 is 5.32 Å². The van der Waals surface area contributed by atoms with Gasteiger partial charge in [-0.1, -0.05) is 19.1 Å². The molecule has 5 nitrogen and oxygen atoms in total. The molecule has 0 aliphatic heterocycles. The van der Waals surface area contributed by atoms with Crippen molar-refractivity contribution in [3.63, 3.8) is 0 Å². The predicted octanol–water partition coefficient (Wildman–Crippen LogP) is 2.60. The van der Waals surface area contributed by atoms with Crippen LogP contribution in [0.5, 0.6) is 0 Å². The van der Waals surface area contributed by atoms with E-state index in [0.717, 1.165) is 25.0 Å². The molecule has 0 saturated carbocycles. The van der Waals surface area contributed by atoms with Gasteiger partial charge in [-0.15, -0.1) is 0 Å². The van der Waals surface area contributed by atoms with E-state index in [4.69, 9.17) is 0 Å². The van der Waals surface area contributed by atoms with Crippen LogP contribution >= 0.6 is 0 Å². The highest BCUT2D eigenvalue weighted by Gasteiger charge is 2.15. The van der Waals surface area contributed by atoms with E-state index in [1.165, 1.54) is 11.2 Å². The molecule has 1 N–H and O–H groups in total. The molecule has 0 aliphatic carbocycles. The molecule has 0 fully saturated rings. The van der Waals surface area contributed by atoms with Crippen LogP contribution in [0.1, 0.15) is 25.1 Å². The Morgan fingerprint density at radius 3 is 2.90 bits per heavy atom. The van der Waals surface area contributed by atoms with Crippen molar-refractivity contribution >= 4 is 11.0 Å². The van der Waals surface area contributed by atoms with E-state index in [9.17, 15) is 0 Å². The lowest BCUT2D eigenvalue weighted by molar-refractivity contribution is 0.453. The Balaban J connectivity index is 1.89. The van der Waals surface area contributed by atoms with Crippen molar-refractivity contribution < 1.29 is 0 Å². The van der Waals surface area contributed by atoms with Crippen LogP contribution in [0.3, 0.4) is 0 Å². The van der Waals surface area contributed by atoms with Crippen LogP contribution in [0, 0.1) is 0 Å². The molecule has 3 aromatic rings. The second-order valence-electron chi connectivity index (χ2n) is 5.21. The molecule has 1 aromatic carbocycles. The number of benzene rings is 1. The number of nitrogens with one attached hydrogen (secondary N) is 1. The van der Waals surface area contributed by atoms with Crippen molar-refractivity contribution in [3.8, 4) is 0 Å². The third kappa shape index (κ3) is 2.69. The van der Waals surface area contributed by atoms with Gasteiger partial charge in [0.15, 0.2) is 0 Å². The zero-order valence-corrected chi connectivity index (χ0v) is 12.5. The number of hydrogen-bond acceptors (Lipinski definition) is 3. The lowest BCUT2D eigenvalue weighted by Gasteiger charge is -2.19. The number of imidazole rings is 1. The van der Waals surface area contributed by atoms with Crippen molar-refractivity contribution in [2.45, 2.75) is 32.5 Å². The van der Waals surface area contributed by atoms with Crippen molar-refractivity contribution in [1.29, 1.82) is 0 Å². The maximum Gasteiger partial charge on any atom is 0.0958 e. The molecule has 5 heteroatoms. The number of likely N-dealkylation sites (N-methyl/N-ethyl adjacent to an activating group) is 1. The first-order chi connectivity index (χ1) is 10.3. The predicted molar refractivity (Wildman–Crippen MR) is 84.1 cm³/mol. The minimum absolute atomic E-state index is 0.219. The van der Waals surface area contributed by atoms with Crippen LogP contribution in [0.15, 0.2) is 42.9 Å². The van der Waals surface area contributed by atoms with E-state index < -0.39 is 0 Å². The molecule has 0 bridgehead atoms. The molecule has 1 atom stereocenters. The minimum atomic E-state index is 0.219. The van der Waals surface area contributed by atoms with Gasteiger partial charge >= 0.3 is 0 Å². The second kappa shape index (κ2) is 6.10. The summed E-state index contributed by atoms with van der Waals surface area (Å²) in [5.74, 6) is 0. The molecular formula is C16H21N5. The molecule has 0 radical (unpaired) electrons. The monoisotopic (exact) mass is 283 g/mol. The molecule has 0 saturated heterocycles. The number of rotatable bonds is 6. The molecule has 110 valence electrons. The highest BCUT2D eigenvalue weighted by atomic mass is 15.3. The summed E-state index contributed by atoms with van der Waals surface area (Å²) in [6.07, 6.45) is 4.87. The summed E-state index contributed by atoms with van der Waals surface area (Å²) in [5, 5.41) is 7.81. The minimum Gasteiger partial charge on any atom is -0.329 e. The van der Waals surface area contributed by atoms with Gasteiger partial charge in [0.1, 0.15) is 0 Å². The summed E-state index contributed by atoms with van der Waals surface area (Å²) in [6.45, 7) is 3.96. The largest absolute Gasteiger partial charge is 0.329 e. The fraction of sp³-hybridized carbons (Fsp3) is 0.375. The van der Waals surface area contributed by atoms with Gasteiger partial charge in [0.2, 0.25) is 0 Å². The van der Waals surface area contributed by atoms with Crippen LogP contribution in [-0.2, 0) is 13.1 Å². The maximum absolute atomic E-state index is 4.46. The number of hydrogen-bond donors (Lipinski definition) is 1. The van der Waals surface area contributed by atoms with Crippen LogP contribution in [0.2, 0.25) is 0 Å². The third-order valence-electron chi connectivity index (χ3n) is 3.80. The van der Waals surface area contributed by atoms with Crippen LogP contribution in [0.25, 0.3) is 11.0 Å². The Hall–Kier alpha value is -2.14. The van der Waals surface area contributed by atoms with Gasteiger partial charge in [0.05, 0.1) is 29.1 Å². The normalized spacial score (nSPS) is 12.9. The zero-order valence-electron chi connectivity index (χ0n) is 12.5. The standard InChI is InChI=1S/C16H21N5/c1-3-10-21-16(8-9-19-21)14(17-2)11-20-12-18-13-6-4-5-7-15(13)20/h4-9,12,14,17H,3,10-11H2,1-2H3. The highest BCUT2D eigenvalue weighted by molar-refractivity contribution is 5.74. The van der Waals surface area contributed by atoms with Gasteiger partial charge in [-0.2, -0.15) is 5.10 Å². The Morgan fingerprint density at radius 1 is 1.24 bits per heavy atom. The van der Waals surface area contributed by atoms with Gasteiger partial charge in [0, 0.05) is 19.3 Å². The summed E-state index contributed by atoms with van der Waals surface area (Å²) in [7, 11) is 1.99. The summed E-state index contributed by atoms with van der Waals surface area (Å²) in [5.41, 5.74) is 3.42. The van der Waals surface area contributed by atoms with E-state index in [1.807, 2.05) is 31.7 Å². The summed E-state index contributed by atoms with van der Waals surface area (Å²) >= 11 is 0. The van der Waals surface area contributed by atoms with Crippen molar-refractivity contribution in [1.82, 2.24) is 24.6 Å². The number of fused-ring (bicyclic) bond motifs is 1. The van der Waals surface area contributed by atoms with Gasteiger partial charge in [0.25, 0.3) is 0 Å². The number of nitrogens with zero attached hydrogens (tertiary/aromatic N) is 4. The van der Waals surface area contributed by atoms with Gasteiger partial charge < -0.3 is 9.88 Å². The second-order valence-corrected chi connectivity index (χ2v) is 5.21. The molecule has 2 aromatic heterocycles. The molecule has 21 heavy (non-hydrogen) atoms. The molecule has 1 unspecified atom stereocenters. The SMILES string of the molecule is CCCn1nccc1C(Cn1cnc2ccccc21)NC. The number of para-hydroxylation sites is 2. The van der Waals surface area contributed by atoms with Gasteiger partial charge in [-0.25, -0.2) is 4.98 Å². The van der Waals surface area contributed by atoms with Crippen molar-refractivity contribution in [2.24, 2.45) is 0 Å². The average molecular weight is 283 g/mol. The average Bonchev–Trinajstić information content (AvgIpc) is 3.12. The third-order valence-corrected chi connectivity index (χ3v) is 3.80.